The minimum atomic E-state index is -1.22. The van der Waals surface area contributed by atoms with E-state index < -0.39 is 16.7 Å². The molecule has 0 spiro atoms. The van der Waals surface area contributed by atoms with Crippen molar-refractivity contribution in [2.24, 2.45) is 0 Å². The number of carbonyl (C=O) groups is 1. The minimum absolute atomic E-state index is 0.0187. The Morgan fingerprint density at radius 2 is 2.19 bits per heavy atom. The van der Waals surface area contributed by atoms with E-state index in [-0.39, 0.29) is 33.9 Å². The second kappa shape index (κ2) is 5.92. The average Bonchev–Trinajstić information content (AvgIpc) is 2.88. The van der Waals surface area contributed by atoms with Crippen LogP contribution in [-0.4, -0.2) is 16.0 Å². The van der Waals surface area contributed by atoms with Gasteiger partial charge in [-0.1, -0.05) is 0 Å². The molecule has 0 amide bonds. The summed E-state index contributed by atoms with van der Waals surface area (Å²) >= 11 is 2.87. The number of aromatic carboxylic acids is 1. The van der Waals surface area contributed by atoms with Gasteiger partial charge in [-0.05, 0) is 28.1 Å². The van der Waals surface area contributed by atoms with Crippen molar-refractivity contribution < 1.29 is 23.6 Å². The second-order valence-electron chi connectivity index (χ2n) is 3.97. The highest BCUT2D eigenvalue weighted by Gasteiger charge is 2.18. The predicted molar refractivity (Wildman–Crippen MR) is 73.7 cm³/mol. The fourth-order valence-corrected chi connectivity index (χ4v) is 1.93. The number of nitrogens with zero attached hydrogens (tertiary/aromatic N) is 1. The molecule has 0 aliphatic rings. The third-order valence-corrected chi connectivity index (χ3v) is 3.17. The number of carboxylic acid groups (broad SMARTS) is 1. The summed E-state index contributed by atoms with van der Waals surface area (Å²) in [6, 6.07) is 4.69. The first kappa shape index (κ1) is 15.0. The molecule has 1 heterocycles. The summed E-state index contributed by atoms with van der Waals surface area (Å²) in [6.07, 6.45) is 0. The topological polar surface area (TPSA) is 106 Å². The monoisotopic (exact) mass is 358 g/mol. The lowest BCUT2D eigenvalue weighted by molar-refractivity contribution is -0.384. The number of nitro groups is 1. The van der Waals surface area contributed by atoms with Crippen LogP contribution in [0.2, 0.25) is 0 Å². The fourth-order valence-electron chi connectivity index (χ4n) is 1.60. The van der Waals surface area contributed by atoms with E-state index in [1.807, 2.05) is 0 Å². The first-order valence-corrected chi connectivity index (χ1v) is 6.37. The Kier molecular flexibility index (Phi) is 4.22. The average molecular weight is 359 g/mol. The maximum atomic E-state index is 13.4. The van der Waals surface area contributed by atoms with Crippen LogP contribution in [0.25, 0.3) is 0 Å². The standard InChI is InChI=1S/C12H8BrFN2O5/c13-7-3-10(16(19)20)9(4-8(7)14)15-5-6-1-2-11(21-6)12(17)18/h1-4,15H,5H2,(H,17,18). The molecule has 110 valence electrons. The van der Waals surface area contributed by atoms with E-state index in [1.54, 1.807) is 0 Å². The van der Waals surface area contributed by atoms with Crippen LogP contribution in [0, 0.1) is 15.9 Å². The van der Waals surface area contributed by atoms with Gasteiger partial charge in [-0.25, -0.2) is 9.18 Å². The Morgan fingerprint density at radius 1 is 1.48 bits per heavy atom. The van der Waals surface area contributed by atoms with Crippen LogP contribution in [0.5, 0.6) is 0 Å². The van der Waals surface area contributed by atoms with Crippen molar-refractivity contribution in [3.63, 3.8) is 0 Å². The molecule has 1 aromatic heterocycles. The van der Waals surface area contributed by atoms with Crippen LogP contribution < -0.4 is 5.32 Å². The van der Waals surface area contributed by atoms with Gasteiger partial charge >= 0.3 is 5.97 Å². The van der Waals surface area contributed by atoms with Gasteiger partial charge < -0.3 is 14.8 Å². The molecule has 7 nitrogen and oxygen atoms in total. The molecule has 0 fully saturated rings. The van der Waals surface area contributed by atoms with E-state index in [0.717, 1.165) is 12.1 Å². The summed E-state index contributed by atoms with van der Waals surface area (Å²) in [5.74, 6) is -1.87. The zero-order valence-electron chi connectivity index (χ0n) is 10.3. The van der Waals surface area contributed by atoms with Crippen LogP contribution in [0.15, 0.2) is 33.2 Å². The van der Waals surface area contributed by atoms with Crippen molar-refractivity contribution in [2.75, 3.05) is 5.32 Å². The highest BCUT2D eigenvalue weighted by atomic mass is 79.9. The summed E-state index contributed by atoms with van der Waals surface area (Å²) < 4.78 is 18.4. The molecule has 9 heteroatoms. The van der Waals surface area contributed by atoms with Crippen molar-refractivity contribution >= 4 is 33.3 Å². The molecule has 0 saturated carbocycles. The molecule has 0 radical (unpaired) electrons. The van der Waals surface area contributed by atoms with Crippen molar-refractivity contribution in [3.05, 3.63) is 56.2 Å². The molecule has 2 rings (SSSR count). The van der Waals surface area contributed by atoms with Crippen LogP contribution in [0.3, 0.4) is 0 Å². The van der Waals surface area contributed by atoms with Gasteiger partial charge in [0, 0.05) is 12.1 Å². The first-order valence-electron chi connectivity index (χ1n) is 5.58. The van der Waals surface area contributed by atoms with Crippen LogP contribution in [0.1, 0.15) is 16.3 Å². The largest absolute Gasteiger partial charge is 0.475 e. The molecular weight excluding hydrogens is 351 g/mol. The number of nitrogens with one attached hydrogen (secondary N) is 1. The Balaban J connectivity index is 2.20. The predicted octanol–water partition coefficient (Wildman–Crippen LogP) is 3.40. The summed E-state index contributed by atoms with van der Waals surface area (Å²) in [7, 11) is 0. The first-order chi connectivity index (χ1) is 9.88. The highest BCUT2D eigenvalue weighted by molar-refractivity contribution is 9.10. The molecule has 0 saturated heterocycles. The zero-order chi connectivity index (χ0) is 15.6. The van der Waals surface area contributed by atoms with Gasteiger partial charge in [0.25, 0.3) is 5.69 Å². The summed E-state index contributed by atoms with van der Waals surface area (Å²) in [4.78, 5) is 20.9. The molecule has 2 aromatic rings. The Morgan fingerprint density at radius 3 is 2.76 bits per heavy atom. The SMILES string of the molecule is O=C(O)c1ccc(CNc2cc(F)c(Br)cc2[N+](=O)[O-])o1. The third kappa shape index (κ3) is 3.37. The van der Waals surface area contributed by atoms with Crippen molar-refractivity contribution in [3.8, 4) is 0 Å². The summed E-state index contributed by atoms with van der Waals surface area (Å²) in [5, 5.41) is 22.3. The highest BCUT2D eigenvalue weighted by Crippen LogP contribution is 2.31. The number of rotatable bonds is 5. The molecule has 21 heavy (non-hydrogen) atoms. The molecule has 0 aliphatic heterocycles. The van der Waals surface area contributed by atoms with E-state index in [1.165, 1.54) is 12.1 Å². The van der Waals surface area contributed by atoms with Gasteiger partial charge in [0.2, 0.25) is 5.76 Å². The summed E-state index contributed by atoms with van der Waals surface area (Å²) in [5.41, 5.74) is -0.345. The van der Waals surface area contributed by atoms with E-state index in [4.69, 9.17) is 9.52 Å². The number of anilines is 1. The maximum Gasteiger partial charge on any atom is 0.371 e. The lowest BCUT2D eigenvalue weighted by Crippen LogP contribution is -2.03. The molecular formula is C12H8BrFN2O5. The third-order valence-electron chi connectivity index (χ3n) is 2.56. The van der Waals surface area contributed by atoms with Crippen molar-refractivity contribution in [2.45, 2.75) is 6.54 Å². The minimum Gasteiger partial charge on any atom is -0.475 e. The van der Waals surface area contributed by atoms with Gasteiger partial charge in [0.05, 0.1) is 15.9 Å². The van der Waals surface area contributed by atoms with Crippen LogP contribution in [-0.2, 0) is 6.54 Å². The molecule has 2 N–H and O–H groups in total. The fraction of sp³-hybridized carbons (Fsp3) is 0.0833. The molecule has 0 atom stereocenters. The number of halogens is 2. The Labute approximate surface area is 125 Å². The Bertz CT molecular complexity index is 716. The summed E-state index contributed by atoms with van der Waals surface area (Å²) in [6.45, 7) is -0.0187. The molecule has 0 unspecified atom stereocenters. The number of nitro benzene ring substituents is 1. The van der Waals surface area contributed by atoms with Gasteiger partial charge in [-0.15, -0.1) is 0 Å². The van der Waals surface area contributed by atoms with Crippen LogP contribution in [0.4, 0.5) is 15.8 Å². The van der Waals surface area contributed by atoms with E-state index in [9.17, 15) is 19.3 Å². The molecule has 0 aliphatic carbocycles. The van der Waals surface area contributed by atoms with Crippen molar-refractivity contribution in [1.29, 1.82) is 0 Å². The quantitative estimate of drug-likeness (QED) is 0.626. The number of furan rings is 1. The van der Waals surface area contributed by atoms with Gasteiger partial charge in [-0.3, -0.25) is 10.1 Å². The zero-order valence-corrected chi connectivity index (χ0v) is 11.9. The smallest absolute Gasteiger partial charge is 0.371 e. The van der Waals surface area contributed by atoms with Gasteiger partial charge in [-0.2, -0.15) is 0 Å². The second-order valence-corrected chi connectivity index (χ2v) is 4.82. The van der Waals surface area contributed by atoms with E-state index in [2.05, 4.69) is 21.2 Å². The lowest BCUT2D eigenvalue weighted by atomic mass is 10.2. The van der Waals surface area contributed by atoms with Gasteiger partial charge in [0.15, 0.2) is 0 Å². The maximum absolute atomic E-state index is 13.4. The molecule has 1 aromatic carbocycles. The number of carboxylic acids is 1. The van der Waals surface area contributed by atoms with Gasteiger partial charge in [0.1, 0.15) is 17.3 Å². The van der Waals surface area contributed by atoms with Crippen LogP contribution >= 0.6 is 15.9 Å². The van der Waals surface area contributed by atoms with E-state index in [0.29, 0.717) is 0 Å². The molecule has 0 bridgehead atoms. The normalized spacial score (nSPS) is 10.4. The van der Waals surface area contributed by atoms with Crippen molar-refractivity contribution in [1.82, 2.24) is 0 Å². The Hall–Kier alpha value is -2.42. The number of hydrogen-bond acceptors (Lipinski definition) is 5. The number of hydrogen-bond donors (Lipinski definition) is 2. The van der Waals surface area contributed by atoms with E-state index >= 15 is 0 Å². The number of benzene rings is 1. The lowest BCUT2D eigenvalue weighted by Gasteiger charge is -2.06.